The van der Waals surface area contributed by atoms with Gasteiger partial charge in [-0.25, -0.2) is 0 Å². The van der Waals surface area contributed by atoms with Crippen LogP contribution in [0.5, 0.6) is 0 Å². The molecule has 1 N–H and O–H groups in total. The van der Waals surface area contributed by atoms with Crippen molar-refractivity contribution in [2.75, 3.05) is 13.2 Å². The number of hydrogen-bond acceptors (Lipinski definition) is 2. The van der Waals surface area contributed by atoms with Gasteiger partial charge in [-0.05, 0) is 70.7 Å². The van der Waals surface area contributed by atoms with Gasteiger partial charge in [-0.3, -0.25) is 4.79 Å². The normalized spacial score (nSPS) is 20.0. The van der Waals surface area contributed by atoms with Gasteiger partial charge in [0.05, 0.1) is 5.56 Å². The Morgan fingerprint density at radius 1 is 1.31 bits per heavy atom. The summed E-state index contributed by atoms with van der Waals surface area (Å²) in [6, 6.07) is 9.66. The standard InChI is InChI=1S/C21H27ClN2O2/c1-15-13-19(16(2)24(15)18-8-4-7-17(22)14-18)20(26)23-11-5-9-21(23,3)10-6-12-25/h4,7-8,13-14,25H,5-6,9-12H2,1-3H3/t21-/m0/s1. The highest BCUT2D eigenvalue weighted by Gasteiger charge is 2.40. The Morgan fingerprint density at radius 3 is 2.77 bits per heavy atom. The minimum Gasteiger partial charge on any atom is -0.396 e. The number of aliphatic hydroxyl groups excluding tert-OH is 1. The predicted octanol–water partition coefficient (Wildman–Crippen LogP) is 4.51. The zero-order valence-electron chi connectivity index (χ0n) is 15.8. The lowest BCUT2D eigenvalue weighted by molar-refractivity contribution is 0.0594. The summed E-state index contributed by atoms with van der Waals surface area (Å²) in [5, 5.41) is 9.88. The quantitative estimate of drug-likeness (QED) is 0.836. The van der Waals surface area contributed by atoms with Gasteiger partial charge < -0.3 is 14.6 Å². The molecule has 3 rings (SSSR count). The third kappa shape index (κ3) is 3.40. The molecule has 0 aliphatic carbocycles. The summed E-state index contributed by atoms with van der Waals surface area (Å²) >= 11 is 6.15. The van der Waals surface area contributed by atoms with Crippen LogP contribution < -0.4 is 0 Å². The van der Waals surface area contributed by atoms with E-state index >= 15 is 0 Å². The van der Waals surface area contributed by atoms with Crippen LogP contribution in [0.15, 0.2) is 30.3 Å². The Balaban J connectivity index is 1.95. The van der Waals surface area contributed by atoms with Gasteiger partial charge in [0.25, 0.3) is 5.91 Å². The van der Waals surface area contributed by atoms with E-state index in [1.165, 1.54) is 0 Å². The molecule has 0 spiro atoms. The fourth-order valence-electron chi connectivity index (χ4n) is 4.23. The number of aromatic nitrogens is 1. The van der Waals surface area contributed by atoms with E-state index in [1.807, 2.05) is 49.1 Å². The fraction of sp³-hybridized carbons (Fsp3) is 0.476. The van der Waals surface area contributed by atoms with Crippen LogP contribution in [0.1, 0.15) is 54.4 Å². The van der Waals surface area contributed by atoms with E-state index in [0.29, 0.717) is 5.02 Å². The van der Waals surface area contributed by atoms with E-state index in [1.54, 1.807) is 0 Å². The molecule has 5 heteroatoms. The maximum atomic E-state index is 13.3. The summed E-state index contributed by atoms with van der Waals surface area (Å²) < 4.78 is 2.08. The number of nitrogens with zero attached hydrogens (tertiary/aromatic N) is 2. The van der Waals surface area contributed by atoms with Crippen molar-refractivity contribution in [3.8, 4) is 5.69 Å². The molecular formula is C21H27ClN2O2. The van der Waals surface area contributed by atoms with Crippen LogP contribution in [0.4, 0.5) is 0 Å². The topological polar surface area (TPSA) is 45.5 Å². The van der Waals surface area contributed by atoms with Crippen molar-refractivity contribution in [2.24, 2.45) is 0 Å². The van der Waals surface area contributed by atoms with Gasteiger partial charge in [0.1, 0.15) is 0 Å². The number of likely N-dealkylation sites (tertiary alicyclic amines) is 1. The molecular weight excluding hydrogens is 348 g/mol. The zero-order chi connectivity index (χ0) is 18.9. The van der Waals surface area contributed by atoms with Crippen LogP contribution in [0, 0.1) is 13.8 Å². The van der Waals surface area contributed by atoms with Crippen molar-refractivity contribution < 1.29 is 9.90 Å². The first-order valence-corrected chi connectivity index (χ1v) is 9.63. The van der Waals surface area contributed by atoms with Crippen LogP contribution >= 0.6 is 11.6 Å². The number of carbonyl (C=O) groups excluding carboxylic acids is 1. The summed E-state index contributed by atoms with van der Waals surface area (Å²) in [5.74, 6) is 0.0873. The summed E-state index contributed by atoms with van der Waals surface area (Å²) in [4.78, 5) is 15.3. The summed E-state index contributed by atoms with van der Waals surface area (Å²) in [6.07, 6.45) is 3.57. The van der Waals surface area contributed by atoms with E-state index in [0.717, 1.165) is 54.9 Å². The Morgan fingerprint density at radius 2 is 2.08 bits per heavy atom. The molecule has 0 bridgehead atoms. The smallest absolute Gasteiger partial charge is 0.256 e. The van der Waals surface area contributed by atoms with E-state index in [4.69, 9.17) is 11.6 Å². The predicted molar refractivity (Wildman–Crippen MR) is 105 cm³/mol. The molecule has 1 fully saturated rings. The highest BCUT2D eigenvalue weighted by molar-refractivity contribution is 6.30. The van der Waals surface area contributed by atoms with Crippen LogP contribution in [0.25, 0.3) is 5.69 Å². The third-order valence-corrected chi connectivity index (χ3v) is 5.83. The molecule has 26 heavy (non-hydrogen) atoms. The van der Waals surface area contributed by atoms with Crippen LogP contribution in [0.3, 0.4) is 0 Å². The molecule has 1 amide bonds. The summed E-state index contributed by atoms with van der Waals surface area (Å²) in [7, 11) is 0. The van der Waals surface area contributed by atoms with Crippen LogP contribution in [-0.2, 0) is 0 Å². The van der Waals surface area contributed by atoms with E-state index < -0.39 is 0 Å². The molecule has 1 aromatic heterocycles. The lowest BCUT2D eigenvalue weighted by atomic mass is 9.92. The molecule has 140 valence electrons. The maximum absolute atomic E-state index is 13.3. The highest BCUT2D eigenvalue weighted by atomic mass is 35.5. The molecule has 1 aliphatic rings. The number of aryl methyl sites for hydroxylation is 1. The second-order valence-corrected chi connectivity index (χ2v) is 7.92. The SMILES string of the molecule is Cc1cc(C(=O)N2CCC[C@@]2(C)CCCO)c(C)n1-c1cccc(Cl)c1. The lowest BCUT2D eigenvalue weighted by Crippen LogP contribution is -2.45. The molecule has 0 radical (unpaired) electrons. The van der Waals surface area contributed by atoms with Crippen molar-refractivity contribution in [3.63, 3.8) is 0 Å². The average molecular weight is 375 g/mol. The van der Waals surface area contributed by atoms with E-state index in [-0.39, 0.29) is 18.1 Å². The van der Waals surface area contributed by atoms with Crippen molar-refractivity contribution in [1.29, 1.82) is 0 Å². The van der Waals surface area contributed by atoms with E-state index in [2.05, 4.69) is 11.5 Å². The van der Waals surface area contributed by atoms with Crippen LogP contribution in [-0.4, -0.2) is 39.2 Å². The Bertz CT molecular complexity index is 814. The number of aliphatic hydroxyl groups is 1. The number of hydrogen-bond donors (Lipinski definition) is 1. The Kier molecular flexibility index (Phi) is 5.44. The second-order valence-electron chi connectivity index (χ2n) is 7.48. The number of amides is 1. The molecule has 2 aromatic rings. The molecule has 0 unspecified atom stereocenters. The molecule has 1 aromatic carbocycles. The lowest BCUT2D eigenvalue weighted by Gasteiger charge is -2.35. The fourth-order valence-corrected chi connectivity index (χ4v) is 4.41. The second kappa shape index (κ2) is 7.45. The van der Waals surface area contributed by atoms with Gasteiger partial charge in [-0.1, -0.05) is 17.7 Å². The molecule has 0 saturated carbocycles. The summed E-state index contributed by atoms with van der Waals surface area (Å²) in [5.41, 5.74) is 3.50. The molecule has 4 nitrogen and oxygen atoms in total. The Hall–Kier alpha value is -1.78. The molecule has 1 saturated heterocycles. The Labute approximate surface area is 160 Å². The van der Waals surface area contributed by atoms with Gasteiger partial charge in [0.15, 0.2) is 0 Å². The van der Waals surface area contributed by atoms with Crippen LogP contribution in [0.2, 0.25) is 5.02 Å². The highest BCUT2D eigenvalue weighted by Crippen LogP contribution is 2.35. The number of carbonyl (C=O) groups is 1. The molecule has 1 aliphatic heterocycles. The van der Waals surface area contributed by atoms with Gasteiger partial charge in [0.2, 0.25) is 0 Å². The molecule has 1 atom stereocenters. The van der Waals surface area contributed by atoms with Crippen molar-refractivity contribution in [2.45, 2.75) is 52.0 Å². The minimum absolute atomic E-state index is 0.0873. The monoisotopic (exact) mass is 374 g/mol. The van der Waals surface area contributed by atoms with Gasteiger partial charge in [-0.2, -0.15) is 0 Å². The number of benzene rings is 1. The summed E-state index contributed by atoms with van der Waals surface area (Å²) in [6.45, 7) is 7.09. The number of halogens is 1. The average Bonchev–Trinajstić information content (AvgIpc) is 3.13. The van der Waals surface area contributed by atoms with Gasteiger partial charge in [0, 0.05) is 40.8 Å². The maximum Gasteiger partial charge on any atom is 0.256 e. The van der Waals surface area contributed by atoms with E-state index in [9.17, 15) is 9.90 Å². The number of rotatable bonds is 5. The third-order valence-electron chi connectivity index (χ3n) is 5.60. The first-order valence-electron chi connectivity index (χ1n) is 9.25. The minimum atomic E-state index is -0.168. The van der Waals surface area contributed by atoms with Crippen molar-refractivity contribution >= 4 is 17.5 Å². The van der Waals surface area contributed by atoms with Crippen molar-refractivity contribution in [3.05, 3.63) is 52.3 Å². The molecule has 2 heterocycles. The zero-order valence-corrected chi connectivity index (χ0v) is 16.5. The van der Waals surface area contributed by atoms with Gasteiger partial charge in [-0.15, -0.1) is 0 Å². The first-order chi connectivity index (χ1) is 12.4. The van der Waals surface area contributed by atoms with Crippen molar-refractivity contribution in [1.82, 2.24) is 9.47 Å². The van der Waals surface area contributed by atoms with Gasteiger partial charge >= 0.3 is 0 Å². The largest absolute Gasteiger partial charge is 0.396 e. The first kappa shape index (κ1) is 19.0.